The molecule has 1 rings (SSSR count). The molecule has 0 spiro atoms. The Balaban J connectivity index is 3.09. The van der Waals surface area contributed by atoms with Gasteiger partial charge >= 0.3 is 0 Å². The topological polar surface area (TPSA) is 26.3 Å². The zero-order chi connectivity index (χ0) is 12.3. The van der Waals surface area contributed by atoms with Crippen LogP contribution in [0.5, 0.6) is 0 Å². The maximum absolute atomic E-state index is 13.3. The van der Waals surface area contributed by atoms with E-state index in [1.165, 1.54) is 13.2 Å². The first kappa shape index (κ1) is 12.8. The monoisotopic (exact) mass is 224 g/mol. The Morgan fingerprint density at radius 3 is 2.56 bits per heavy atom. The van der Waals surface area contributed by atoms with Gasteiger partial charge in [0.1, 0.15) is 11.4 Å². The van der Waals surface area contributed by atoms with Crippen LogP contribution in [0.2, 0.25) is 0 Å². The molecule has 0 aromatic heterocycles. The van der Waals surface area contributed by atoms with E-state index < -0.39 is 5.60 Å². The normalized spacial score (nSPS) is 14.6. The molecule has 0 fully saturated rings. The quantitative estimate of drug-likeness (QED) is 0.734. The highest BCUT2D eigenvalue weighted by molar-refractivity contribution is 6.02. The molecule has 16 heavy (non-hydrogen) atoms. The second-order valence-corrected chi connectivity index (χ2v) is 4.08. The van der Waals surface area contributed by atoms with Crippen molar-refractivity contribution in [2.24, 2.45) is 0 Å². The molecule has 1 aromatic carbocycles. The second-order valence-electron chi connectivity index (χ2n) is 4.08. The van der Waals surface area contributed by atoms with Crippen LogP contribution in [-0.4, -0.2) is 18.5 Å². The van der Waals surface area contributed by atoms with Crippen molar-refractivity contribution >= 4 is 5.78 Å². The van der Waals surface area contributed by atoms with Gasteiger partial charge in [0, 0.05) is 12.7 Å². The number of hydrogen-bond acceptors (Lipinski definition) is 2. The molecule has 0 saturated heterocycles. The number of Topliss-reactive ketones (excluding diaryl/α,β-unsaturated/α-hetero) is 1. The molecule has 0 aliphatic rings. The number of carbonyl (C=O) groups is 1. The number of carbonyl (C=O) groups excluding carboxylic acids is 1. The number of hydrogen-bond donors (Lipinski definition) is 0. The third-order valence-corrected chi connectivity index (χ3v) is 3.04. The van der Waals surface area contributed by atoms with E-state index in [4.69, 9.17) is 4.74 Å². The van der Waals surface area contributed by atoms with Gasteiger partial charge in [0.2, 0.25) is 0 Å². The maximum atomic E-state index is 13.3. The van der Waals surface area contributed by atoms with E-state index in [1.54, 1.807) is 26.0 Å². The molecule has 0 bridgehead atoms. The molecule has 1 unspecified atom stereocenters. The largest absolute Gasteiger partial charge is 0.370 e. The first-order chi connectivity index (χ1) is 7.44. The number of aryl methyl sites for hydroxylation is 1. The van der Waals surface area contributed by atoms with Crippen molar-refractivity contribution in [2.45, 2.75) is 32.8 Å². The average Bonchev–Trinajstić information content (AvgIpc) is 2.30. The zero-order valence-corrected chi connectivity index (χ0v) is 10.1. The van der Waals surface area contributed by atoms with Crippen LogP contribution in [0, 0.1) is 12.7 Å². The maximum Gasteiger partial charge on any atom is 0.194 e. The van der Waals surface area contributed by atoms with Crippen LogP contribution in [0.4, 0.5) is 4.39 Å². The Morgan fingerprint density at radius 2 is 2.12 bits per heavy atom. The van der Waals surface area contributed by atoms with E-state index in [9.17, 15) is 9.18 Å². The second kappa shape index (κ2) is 4.74. The minimum atomic E-state index is -0.873. The van der Waals surface area contributed by atoms with Gasteiger partial charge in [-0.1, -0.05) is 19.1 Å². The summed E-state index contributed by atoms with van der Waals surface area (Å²) in [5, 5.41) is 0. The fourth-order valence-corrected chi connectivity index (χ4v) is 1.44. The van der Waals surface area contributed by atoms with Gasteiger partial charge in [0.15, 0.2) is 5.78 Å². The molecule has 0 heterocycles. The van der Waals surface area contributed by atoms with Crippen LogP contribution in [0.3, 0.4) is 0 Å². The number of ketones is 1. The van der Waals surface area contributed by atoms with Gasteiger partial charge in [-0.3, -0.25) is 4.79 Å². The highest BCUT2D eigenvalue weighted by Gasteiger charge is 2.31. The zero-order valence-electron chi connectivity index (χ0n) is 10.1. The Labute approximate surface area is 95.4 Å². The van der Waals surface area contributed by atoms with Crippen LogP contribution in [0.15, 0.2) is 18.2 Å². The van der Waals surface area contributed by atoms with Crippen LogP contribution < -0.4 is 0 Å². The average molecular weight is 224 g/mol. The van der Waals surface area contributed by atoms with E-state index in [0.29, 0.717) is 17.5 Å². The molecule has 0 amide bonds. The Kier molecular flexibility index (Phi) is 3.81. The summed E-state index contributed by atoms with van der Waals surface area (Å²) < 4.78 is 18.5. The fourth-order valence-electron chi connectivity index (χ4n) is 1.44. The number of benzene rings is 1. The van der Waals surface area contributed by atoms with E-state index in [0.717, 1.165) is 0 Å². The summed E-state index contributed by atoms with van der Waals surface area (Å²) in [6, 6.07) is 4.51. The number of ether oxygens (including phenoxy) is 1. The molecular formula is C13H17FO2. The minimum absolute atomic E-state index is 0.184. The number of methoxy groups -OCH3 is 1. The lowest BCUT2D eigenvalue weighted by atomic mass is 9.91. The van der Waals surface area contributed by atoms with Crippen LogP contribution in [0.25, 0.3) is 0 Å². The van der Waals surface area contributed by atoms with E-state index >= 15 is 0 Å². The lowest BCUT2D eigenvalue weighted by Gasteiger charge is -2.25. The predicted octanol–water partition coefficient (Wildman–Crippen LogP) is 3.13. The fraction of sp³-hybridized carbons (Fsp3) is 0.462. The summed E-state index contributed by atoms with van der Waals surface area (Å²) in [4.78, 5) is 12.1. The van der Waals surface area contributed by atoms with Crippen LogP contribution in [0.1, 0.15) is 36.2 Å². The summed E-state index contributed by atoms with van der Waals surface area (Å²) in [7, 11) is 1.49. The lowest BCUT2D eigenvalue weighted by Crippen LogP contribution is -2.36. The third kappa shape index (κ3) is 2.30. The van der Waals surface area contributed by atoms with Crippen LogP contribution >= 0.6 is 0 Å². The van der Waals surface area contributed by atoms with Crippen molar-refractivity contribution < 1.29 is 13.9 Å². The van der Waals surface area contributed by atoms with E-state index in [2.05, 4.69) is 0 Å². The molecule has 0 radical (unpaired) electrons. The highest BCUT2D eigenvalue weighted by atomic mass is 19.1. The van der Waals surface area contributed by atoms with Gasteiger partial charge in [-0.25, -0.2) is 4.39 Å². The Bertz CT molecular complexity index is 395. The van der Waals surface area contributed by atoms with Gasteiger partial charge in [-0.05, 0) is 31.9 Å². The molecular weight excluding hydrogens is 207 g/mol. The van der Waals surface area contributed by atoms with Crippen molar-refractivity contribution in [1.29, 1.82) is 0 Å². The highest BCUT2D eigenvalue weighted by Crippen LogP contribution is 2.21. The first-order valence-electron chi connectivity index (χ1n) is 5.30. The van der Waals surface area contributed by atoms with Crippen molar-refractivity contribution in [3.05, 3.63) is 35.1 Å². The summed E-state index contributed by atoms with van der Waals surface area (Å²) in [5.74, 6) is -0.545. The first-order valence-corrected chi connectivity index (χ1v) is 5.30. The number of rotatable bonds is 4. The molecule has 0 N–H and O–H groups in total. The van der Waals surface area contributed by atoms with Gasteiger partial charge in [0.05, 0.1) is 0 Å². The van der Waals surface area contributed by atoms with Crippen molar-refractivity contribution in [3.63, 3.8) is 0 Å². The Morgan fingerprint density at radius 1 is 1.50 bits per heavy atom. The standard InChI is InChI=1S/C13H17FO2/c1-5-13(3,16-4)12(15)10-7-6-9(2)11(14)8-10/h6-8H,5H2,1-4H3. The number of halogens is 1. The third-order valence-electron chi connectivity index (χ3n) is 3.04. The van der Waals surface area contributed by atoms with Crippen molar-refractivity contribution in [3.8, 4) is 0 Å². The molecule has 0 aliphatic heterocycles. The molecule has 0 aliphatic carbocycles. The lowest BCUT2D eigenvalue weighted by molar-refractivity contribution is 0.0106. The van der Waals surface area contributed by atoms with E-state index in [1.807, 2.05) is 6.92 Å². The molecule has 1 aromatic rings. The molecule has 88 valence electrons. The van der Waals surface area contributed by atoms with E-state index in [-0.39, 0.29) is 11.6 Å². The van der Waals surface area contributed by atoms with Gasteiger partial charge in [-0.2, -0.15) is 0 Å². The molecule has 3 heteroatoms. The van der Waals surface area contributed by atoms with Gasteiger partial charge in [-0.15, -0.1) is 0 Å². The predicted molar refractivity (Wildman–Crippen MR) is 61.2 cm³/mol. The van der Waals surface area contributed by atoms with Gasteiger partial charge < -0.3 is 4.74 Å². The summed E-state index contributed by atoms with van der Waals surface area (Å²) in [6.07, 6.45) is 0.553. The smallest absolute Gasteiger partial charge is 0.194 e. The molecule has 1 atom stereocenters. The summed E-state index contributed by atoms with van der Waals surface area (Å²) >= 11 is 0. The van der Waals surface area contributed by atoms with Crippen LogP contribution in [-0.2, 0) is 4.74 Å². The molecule has 0 saturated carbocycles. The molecule has 2 nitrogen and oxygen atoms in total. The summed E-state index contributed by atoms with van der Waals surface area (Å²) in [6.45, 7) is 5.25. The SMILES string of the molecule is CCC(C)(OC)C(=O)c1ccc(C)c(F)c1. The van der Waals surface area contributed by atoms with Crippen molar-refractivity contribution in [1.82, 2.24) is 0 Å². The summed E-state index contributed by atoms with van der Waals surface area (Å²) in [5.41, 5.74) is 0.0169. The Hall–Kier alpha value is -1.22. The van der Waals surface area contributed by atoms with Gasteiger partial charge in [0.25, 0.3) is 0 Å². The van der Waals surface area contributed by atoms with Crippen molar-refractivity contribution in [2.75, 3.05) is 7.11 Å². The minimum Gasteiger partial charge on any atom is -0.370 e.